The number of carbonyl (C=O) groups is 2. The van der Waals surface area contributed by atoms with Crippen LogP contribution in [0.2, 0.25) is 0 Å². The van der Waals surface area contributed by atoms with E-state index in [9.17, 15) is 9.59 Å². The second-order valence-corrected chi connectivity index (χ2v) is 3.28. The Labute approximate surface area is 89.1 Å². The second kappa shape index (κ2) is 4.73. The molecule has 3 nitrogen and oxygen atoms in total. The standard InChI is InChI=1S/C12H14O3/c1-4-15-12-10(7-13)6-5-8(2)11(12)9(3)14/h5-7H,4H2,1-3H3. The minimum atomic E-state index is -0.0837. The SMILES string of the molecule is CCOc1c(C=O)ccc(C)c1C(C)=O. The van der Waals surface area contributed by atoms with Crippen molar-refractivity contribution in [1.29, 1.82) is 0 Å². The molecule has 0 amide bonds. The highest BCUT2D eigenvalue weighted by molar-refractivity contribution is 6.01. The van der Waals surface area contributed by atoms with Crippen LogP contribution in [0.5, 0.6) is 5.75 Å². The molecule has 3 heteroatoms. The number of benzene rings is 1. The van der Waals surface area contributed by atoms with Crippen LogP contribution < -0.4 is 4.74 Å². The molecule has 0 aliphatic carbocycles. The number of hydrogen-bond acceptors (Lipinski definition) is 3. The van der Waals surface area contributed by atoms with E-state index in [0.29, 0.717) is 29.8 Å². The second-order valence-electron chi connectivity index (χ2n) is 3.28. The highest BCUT2D eigenvalue weighted by atomic mass is 16.5. The molecule has 1 aromatic carbocycles. The third-order valence-corrected chi connectivity index (χ3v) is 2.16. The quantitative estimate of drug-likeness (QED) is 0.561. The van der Waals surface area contributed by atoms with E-state index in [4.69, 9.17) is 4.74 Å². The van der Waals surface area contributed by atoms with E-state index in [1.54, 1.807) is 12.1 Å². The fraction of sp³-hybridized carbons (Fsp3) is 0.333. The van der Waals surface area contributed by atoms with Crippen molar-refractivity contribution in [3.63, 3.8) is 0 Å². The van der Waals surface area contributed by atoms with E-state index >= 15 is 0 Å². The van der Waals surface area contributed by atoms with E-state index in [1.165, 1.54) is 6.92 Å². The van der Waals surface area contributed by atoms with Crippen molar-refractivity contribution in [2.75, 3.05) is 6.61 Å². The molecular formula is C12H14O3. The fourth-order valence-corrected chi connectivity index (χ4v) is 1.53. The van der Waals surface area contributed by atoms with E-state index < -0.39 is 0 Å². The van der Waals surface area contributed by atoms with Crippen molar-refractivity contribution < 1.29 is 14.3 Å². The average Bonchev–Trinajstić information content (AvgIpc) is 2.18. The van der Waals surface area contributed by atoms with Gasteiger partial charge in [-0.3, -0.25) is 9.59 Å². The van der Waals surface area contributed by atoms with Gasteiger partial charge in [0.05, 0.1) is 17.7 Å². The Hall–Kier alpha value is -1.64. The first kappa shape index (κ1) is 11.4. The van der Waals surface area contributed by atoms with Gasteiger partial charge < -0.3 is 4.74 Å². The van der Waals surface area contributed by atoms with Crippen LogP contribution in [0, 0.1) is 6.92 Å². The third kappa shape index (κ3) is 2.24. The molecule has 0 saturated heterocycles. The summed E-state index contributed by atoms with van der Waals surface area (Å²) in [6.07, 6.45) is 0.705. The zero-order valence-corrected chi connectivity index (χ0v) is 9.16. The third-order valence-electron chi connectivity index (χ3n) is 2.16. The molecule has 0 saturated carbocycles. The van der Waals surface area contributed by atoms with E-state index in [0.717, 1.165) is 5.56 Å². The number of ether oxygens (including phenoxy) is 1. The van der Waals surface area contributed by atoms with Gasteiger partial charge in [-0.2, -0.15) is 0 Å². The molecule has 0 spiro atoms. The Kier molecular flexibility index (Phi) is 3.61. The summed E-state index contributed by atoms with van der Waals surface area (Å²) >= 11 is 0. The Balaban J connectivity index is 3.43. The Morgan fingerprint density at radius 2 is 2.13 bits per heavy atom. The van der Waals surface area contributed by atoms with Gasteiger partial charge in [0.15, 0.2) is 12.1 Å². The van der Waals surface area contributed by atoms with Gasteiger partial charge in [-0.25, -0.2) is 0 Å². The van der Waals surface area contributed by atoms with Crippen molar-refractivity contribution in [3.8, 4) is 5.75 Å². The maximum atomic E-state index is 11.4. The zero-order valence-electron chi connectivity index (χ0n) is 9.16. The maximum Gasteiger partial charge on any atom is 0.163 e. The molecule has 15 heavy (non-hydrogen) atoms. The summed E-state index contributed by atoms with van der Waals surface area (Å²) in [5.41, 5.74) is 1.76. The number of Topliss-reactive ketones (excluding diaryl/α,β-unsaturated/α-hetero) is 1. The summed E-state index contributed by atoms with van der Waals surface area (Å²) in [5.74, 6) is 0.319. The summed E-state index contributed by atoms with van der Waals surface area (Å²) in [7, 11) is 0. The molecule has 0 aliphatic rings. The minimum Gasteiger partial charge on any atom is -0.492 e. The van der Waals surface area contributed by atoms with Gasteiger partial charge in [-0.1, -0.05) is 6.07 Å². The van der Waals surface area contributed by atoms with Crippen molar-refractivity contribution in [2.45, 2.75) is 20.8 Å². The van der Waals surface area contributed by atoms with Crippen LogP contribution in [0.3, 0.4) is 0 Å². The lowest BCUT2D eigenvalue weighted by atomic mass is 10.0. The van der Waals surface area contributed by atoms with Crippen LogP contribution in [-0.4, -0.2) is 18.7 Å². The zero-order chi connectivity index (χ0) is 11.4. The molecule has 0 N–H and O–H groups in total. The van der Waals surface area contributed by atoms with Crippen molar-refractivity contribution in [3.05, 3.63) is 28.8 Å². The van der Waals surface area contributed by atoms with Gasteiger partial charge in [0.1, 0.15) is 5.75 Å². The molecule has 1 rings (SSSR count). The fourth-order valence-electron chi connectivity index (χ4n) is 1.53. The van der Waals surface area contributed by atoms with Crippen LogP contribution in [-0.2, 0) is 0 Å². The van der Waals surface area contributed by atoms with Crippen LogP contribution in [0.25, 0.3) is 0 Å². The first-order chi connectivity index (χ1) is 7.11. The molecule has 0 aromatic heterocycles. The van der Waals surface area contributed by atoms with Crippen molar-refractivity contribution >= 4 is 12.1 Å². The summed E-state index contributed by atoms with van der Waals surface area (Å²) in [4.78, 5) is 22.2. The largest absolute Gasteiger partial charge is 0.492 e. The summed E-state index contributed by atoms with van der Waals surface area (Å²) in [6.45, 7) is 5.55. The lowest BCUT2D eigenvalue weighted by molar-refractivity contribution is 0.101. The van der Waals surface area contributed by atoms with Gasteiger partial charge in [-0.05, 0) is 32.4 Å². The van der Waals surface area contributed by atoms with Crippen LogP contribution in [0.15, 0.2) is 12.1 Å². The predicted octanol–water partition coefficient (Wildman–Crippen LogP) is 2.41. The molecule has 0 atom stereocenters. The Morgan fingerprint density at radius 3 is 2.60 bits per heavy atom. The van der Waals surface area contributed by atoms with Crippen molar-refractivity contribution in [1.82, 2.24) is 0 Å². The molecule has 1 aromatic rings. The Bertz CT molecular complexity index is 394. The molecular weight excluding hydrogens is 192 g/mol. The van der Waals surface area contributed by atoms with E-state index in [-0.39, 0.29) is 5.78 Å². The number of hydrogen-bond donors (Lipinski definition) is 0. The normalized spacial score (nSPS) is 9.80. The monoisotopic (exact) mass is 206 g/mol. The molecule has 0 unspecified atom stereocenters. The van der Waals surface area contributed by atoms with Gasteiger partial charge in [-0.15, -0.1) is 0 Å². The van der Waals surface area contributed by atoms with Crippen molar-refractivity contribution in [2.24, 2.45) is 0 Å². The molecule has 0 bridgehead atoms. The van der Waals surface area contributed by atoms with E-state index in [1.807, 2.05) is 13.8 Å². The molecule has 0 fully saturated rings. The number of aryl methyl sites for hydroxylation is 1. The summed E-state index contributed by atoms with van der Waals surface area (Å²) < 4.78 is 5.35. The molecule has 80 valence electrons. The number of ketones is 1. The number of carbonyl (C=O) groups excluding carboxylic acids is 2. The maximum absolute atomic E-state index is 11.4. The lowest BCUT2D eigenvalue weighted by Gasteiger charge is -2.12. The summed E-state index contributed by atoms with van der Waals surface area (Å²) in [5, 5.41) is 0. The number of aldehydes is 1. The first-order valence-electron chi connectivity index (χ1n) is 4.84. The predicted molar refractivity (Wildman–Crippen MR) is 57.7 cm³/mol. The van der Waals surface area contributed by atoms with Crippen LogP contribution >= 0.6 is 0 Å². The van der Waals surface area contributed by atoms with Gasteiger partial charge in [0.2, 0.25) is 0 Å². The first-order valence-corrected chi connectivity index (χ1v) is 4.84. The Morgan fingerprint density at radius 1 is 1.47 bits per heavy atom. The minimum absolute atomic E-state index is 0.0837. The van der Waals surface area contributed by atoms with Gasteiger partial charge in [0, 0.05) is 0 Å². The molecule has 0 radical (unpaired) electrons. The molecule has 0 aliphatic heterocycles. The van der Waals surface area contributed by atoms with Gasteiger partial charge >= 0.3 is 0 Å². The molecule has 0 heterocycles. The highest BCUT2D eigenvalue weighted by Crippen LogP contribution is 2.26. The summed E-state index contributed by atoms with van der Waals surface area (Å²) in [6, 6.07) is 3.42. The topological polar surface area (TPSA) is 43.4 Å². The smallest absolute Gasteiger partial charge is 0.163 e. The van der Waals surface area contributed by atoms with Gasteiger partial charge in [0.25, 0.3) is 0 Å². The van der Waals surface area contributed by atoms with Crippen LogP contribution in [0.1, 0.15) is 40.1 Å². The van der Waals surface area contributed by atoms with E-state index in [2.05, 4.69) is 0 Å². The number of rotatable bonds is 4. The highest BCUT2D eigenvalue weighted by Gasteiger charge is 2.15. The van der Waals surface area contributed by atoms with Crippen LogP contribution in [0.4, 0.5) is 0 Å². The average molecular weight is 206 g/mol. The lowest BCUT2D eigenvalue weighted by Crippen LogP contribution is -2.06.